The second-order valence-electron chi connectivity index (χ2n) is 6.38. The Hall–Kier alpha value is -3.02. The number of halogens is 2. The average molecular weight is 368 g/mol. The first-order valence-corrected chi connectivity index (χ1v) is 8.94. The van der Waals surface area contributed by atoms with Gasteiger partial charge >= 0.3 is 0 Å². The molecule has 27 heavy (non-hydrogen) atoms. The smallest absolute Gasteiger partial charge is 0.225 e. The summed E-state index contributed by atoms with van der Waals surface area (Å²) < 4.78 is 26.5. The zero-order valence-corrected chi connectivity index (χ0v) is 15.3. The highest BCUT2D eigenvalue weighted by Crippen LogP contribution is 2.22. The van der Waals surface area contributed by atoms with E-state index in [0.29, 0.717) is 23.9 Å². The molecule has 0 aliphatic rings. The van der Waals surface area contributed by atoms with Gasteiger partial charge in [0.05, 0.1) is 5.69 Å². The van der Waals surface area contributed by atoms with Gasteiger partial charge in [0.2, 0.25) is 5.95 Å². The molecule has 6 heteroatoms. The van der Waals surface area contributed by atoms with Gasteiger partial charge in [0, 0.05) is 24.2 Å². The van der Waals surface area contributed by atoms with Crippen molar-refractivity contribution in [1.82, 2.24) is 9.97 Å². The highest BCUT2D eigenvalue weighted by atomic mass is 19.2. The third-order valence-corrected chi connectivity index (χ3v) is 4.24. The molecule has 1 heterocycles. The molecule has 0 saturated heterocycles. The number of hydrogen-bond acceptors (Lipinski definition) is 4. The van der Waals surface area contributed by atoms with Crippen molar-refractivity contribution in [1.29, 1.82) is 0 Å². The van der Waals surface area contributed by atoms with Crippen molar-refractivity contribution in [2.45, 2.75) is 32.9 Å². The Morgan fingerprint density at radius 1 is 0.963 bits per heavy atom. The molecular weight excluding hydrogens is 346 g/mol. The SMILES string of the molecule is CC[C@H](C)Nc1nc(NCc2ccc(F)c(F)c2)cc(-c2ccccc2)n1. The first-order valence-electron chi connectivity index (χ1n) is 8.94. The van der Waals surface area contributed by atoms with Gasteiger partial charge in [0.25, 0.3) is 0 Å². The van der Waals surface area contributed by atoms with Crippen molar-refractivity contribution in [3.8, 4) is 11.3 Å². The highest BCUT2D eigenvalue weighted by molar-refractivity contribution is 5.64. The lowest BCUT2D eigenvalue weighted by atomic mass is 10.1. The molecular formula is C21H22F2N4. The third kappa shape index (κ3) is 5.00. The van der Waals surface area contributed by atoms with Gasteiger partial charge in [-0.3, -0.25) is 0 Å². The summed E-state index contributed by atoms with van der Waals surface area (Å²) >= 11 is 0. The van der Waals surface area contributed by atoms with Gasteiger partial charge in [-0.1, -0.05) is 43.3 Å². The van der Waals surface area contributed by atoms with Crippen LogP contribution in [0.1, 0.15) is 25.8 Å². The van der Waals surface area contributed by atoms with Crippen molar-refractivity contribution in [3.63, 3.8) is 0 Å². The standard InChI is InChI=1S/C21H22F2N4/c1-3-14(2)25-21-26-19(16-7-5-4-6-8-16)12-20(27-21)24-13-15-9-10-17(22)18(23)11-15/h4-12,14H,3,13H2,1-2H3,(H2,24,25,26,27)/t14-/m0/s1. The highest BCUT2D eigenvalue weighted by Gasteiger charge is 2.09. The lowest BCUT2D eigenvalue weighted by Crippen LogP contribution is -2.16. The van der Waals surface area contributed by atoms with Gasteiger partial charge in [0.15, 0.2) is 11.6 Å². The van der Waals surface area contributed by atoms with Crippen molar-refractivity contribution >= 4 is 11.8 Å². The van der Waals surface area contributed by atoms with Crippen molar-refractivity contribution in [2.75, 3.05) is 10.6 Å². The van der Waals surface area contributed by atoms with Gasteiger partial charge in [-0.15, -0.1) is 0 Å². The van der Waals surface area contributed by atoms with E-state index in [9.17, 15) is 8.78 Å². The number of anilines is 2. The van der Waals surface area contributed by atoms with E-state index in [1.54, 1.807) is 6.07 Å². The summed E-state index contributed by atoms with van der Waals surface area (Å²) in [6, 6.07) is 15.7. The lowest BCUT2D eigenvalue weighted by Gasteiger charge is -2.14. The Morgan fingerprint density at radius 3 is 2.44 bits per heavy atom. The fourth-order valence-corrected chi connectivity index (χ4v) is 2.52. The van der Waals surface area contributed by atoms with Gasteiger partial charge < -0.3 is 10.6 Å². The topological polar surface area (TPSA) is 49.8 Å². The lowest BCUT2D eigenvalue weighted by molar-refractivity contribution is 0.507. The van der Waals surface area contributed by atoms with Crippen LogP contribution in [-0.2, 0) is 6.54 Å². The molecule has 0 amide bonds. The predicted molar refractivity (Wildman–Crippen MR) is 105 cm³/mol. The summed E-state index contributed by atoms with van der Waals surface area (Å²) in [6.07, 6.45) is 0.941. The fourth-order valence-electron chi connectivity index (χ4n) is 2.52. The van der Waals surface area contributed by atoms with Crippen LogP contribution in [0.3, 0.4) is 0 Å². The summed E-state index contributed by atoms with van der Waals surface area (Å²) in [5.74, 6) is -0.578. The summed E-state index contributed by atoms with van der Waals surface area (Å²) in [5.41, 5.74) is 2.39. The van der Waals surface area contributed by atoms with E-state index in [0.717, 1.165) is 23.7 Å². The number of aromatic nitrogens is 2. The van der Waals surface area contributed by atoms with Crippen molar-refractivity contribution in [3.05, 3.63) is 71.8 Å². The molecule has 3 aromatic rings. The Labute approximate surface area is 157 Å². The van der Waals surface area contributed by atoms with Gasteiger partial charge in [-0.05, 0) is 31.0 Å². The maximum Gasteiger partial charge on any atom is 0.225 e. The molecule has 0 unspecified atom stereocenters. The maximum atomic E-state index is 13.4. The summed E-state index contributed by atoms with van der Waals surface area (Å²) in [6.45, 7) is 4.47. The number of nitrogens with zero attached hydrogens (tertiary/aromatic N) is 2. The van der Waals surface area contributed by atoms with Gasteiger partial charge in [0.1, 0.15) is 5.82 Å². The number of benzene rings is 2. The second kappa shape index (κ2) is 8.58. The molecule has 0 aliphatic carbocycles. The molecule has 2 N–H and O–H groups in total. The molecule has 0 radical (unpaired) electrons. The molecule has 0 bridgehead atoms. The van der Waals surface area contributed by atoms with Gasteiger partial charge in [-0.2, -0.15) is 4.98 Å². The number of hydrogen-bond donors (Lipinski definition) is 2. The van der Waals surface area contributed by atoms with Crippen LogP contribution in [0.4, 0.5) is 20.5 Å². The zero-order valence-electron chi connectivity index (χ0n) is 15.3. The Morgan fingerprint density at radius 2 is 1.74 bits per heavy atom. The van der Waals surface area contributed by atoms with E-state index in [2.05, 4.69) is 34.4 Å². The monoisotopic (exact) mass is 368 g/mol. The van der Waals surface area contributed by atoms with Crippen molar-refractivity contribution < 1.29 is 8.78 Å². The Balaban J connectivity index is 1.86. The zero-order chi connectivity index (χ0) is 19.2. The summed E-state index contributed by atoms with van der Waals surface area (Å²) in [5, 5.41) is 6.45. The molecule has 0 aliphatic heterocycles. The average Bonchev–Trinajstić information content (AvgIpc) is 2.69. The normalized spacial score (nSPS) is 11.9. The van der Waals surface area contributed by atoms with Crippen LogP contribution in [0.15, 0.2) is 54.6 Å². The summed E-state index contributed by atoms with van der Waals surface area (Å²) in [7, 11) is 0. The van der Waals surface area contributed by atoms with Crippen LogP contribution in [0.25, 0.3) is 11.3 Å². The minimum atomic E-state index is -0.860. The maximum absolute atomic E-state index is 13.4. The first-order chi connectivity index (χ1) is 13.0. The molecule has 140 valence electrons. The van der Waals surface area contributed by atoms with Crippen LogP contribution in [0, 0.1) is 11.6 Å². The largest absolute Gasteiger partial charge is 0.366 e. The molecule has 4 nitrogen and oxygen atoms in total. The Bertz CT molecular complexity index is 900. The fraction of sp³-hybridized carbons (Fsp3) is 0.238. The van der Waals surface area contributed by atoms with Crippen LogP contribution in [0.2, 0.25) is 0 Å². The Kier molecular flexibility index (Phi) is 5.96. The molecule has 0 fully saturated rings. The van der Waals surface area contributed by atoms with E-state index >= 15 is 0 Å². The van der Waals surface area contributed by atoms with Crippen molar-refractivity contribution in [2.24, 2.45) is 0 Å². The van der Waals surface area contributed by atoms with Gasteiger partial charge in [-0.25, -0.2) is 13.8 Å². The molecule has 0 saturated carbocycles. The van der Waals surface area contributed by atoms with Crippen LogP contribution < -0.4 is 10.6 Å². The third-order valence-electron chi connectivity index (χ3n) is 4.24. The van der Waals surface area contributed by atoms with E-state index in [4.69, 9.17) is 0 Å². The van der Waals surface area contributed by atoms with E-state index in [1.807, 2.05) is 36.4 Å². The predicted octanol–water partition coefficient (Wildman–Crippen LogP) is 5.24. The number of nitrogens with one attached hydrogen (secondary N) is 2. The quantitative estimate of drug-likeness (QED) is 0.598. The first kappa shape index (κ1) is 18.8. The minimum absolute atomic E-state index is 0.232. The van der Waals surface area contributed by atoms with Crippen LogP contribution in [0.5, 0.6) is 0 Å². The molecule has 0 spiro atoms. The minimum Gasteiger partial charge on any atom is -0.366 e. The molecule has 2 aromatic carbocycles. The number of rotatable bonds is 7. The van der Waals surface area contributed by atoms with Crippen LogP contribution >= 0.6 is 0 Å². The van der Waals surface area contributed by atoms with E-state index in [-0.39, 0.29) is 6.04 Å². The molecule has 1 aromatic heterocycles. The van der Waals surface area contributed by atoms with Crippen LogP contribution in [-0.4, -0.2) is 16.0 Å². The van der Waals surface area contributed by atoms with E-state index < -0.39 is 11.6 Å². The molecule has 3 rings (SSSR count). The second-order valence-corrected chi connectivity index (χ2v) is 6.38. The molecule has 1 atom stereocenters. The summed E-state index contributed by atoms with van der Waals surface area (Å²) in [4.78, 5) is 9.10. The van der Waals surface area contributed by atoms with E-state index in [1.165, 1.54) is 6.07 Å².